The summed E-state index contributed by atoms with van der Waals surface area (Å²) in [7, 11) is -3.32. The molecule has 0 spiro atoms. The summed E-state index contributed by atoms with van der Waals surface area (Å²) in [4.78, 5) is 8.78. The number of hydrogen-bond donors (Lipinski definition) is 1. The predicted molar refractivity (Wildman–Crippen MR) is 149 cm³/mol. The molecule has 2 aliphatic rings. The maximum absolute atomic E-state index is 13.4. The van der Waals surface area contributed by atoms with E-state index in [4.69, 9.17) is 16.3 Å². The molecule has 1 aromatic carbocycles. The predicted octanol–water partition coefficient (Wildman–Crippen LogP) is 5.55. The van der Waals surface area contributed by atoms with Crippen molar-refractivity contribution in [3.05, 3.63) is 59.5 Å². The summed E-state index contributed by atoms with van der Waals surface area (Å²) >= 11 is 5.95. The van der Waals surface area contributed by atoms with Crippen LogP contribution in [0.4, 0.5) is 0 Å². The van der Waals surface area contributed by atoms with Crippen LogP contribution in [0.25, 0.3) is 21.9 Å². The van der Waals surface area contributed by atoms with Gasteiger partial charge in [0.2, 0.25) is 10.0 Å². The van der Waals surface area contributed by atoms with Crippen molar-refractivity contribution in [2.24, 2.45) is 11.8 Å². The number of fused-ring (bicyclic) bond motifs is 3. The van der Waals surface area contributed by atoms with Crippen LogP contribution in [0.2, 0.25) is 5.02 Å². The first-order valence-corrected chi connectivity index (χ1v) is 15.4. The minimum atomic E-state index is -3.32. The Morgan fingerprint density at radius 2 is 1.82 bits per heavy atom. The minimum Gasteiger partial charge on any atom is -0.493 e. The molecule has 4 heterocycles. The average molecular weight is 554 g/mol. The van der Waals surface area contributed by atoms with Gasteiger partial charge in [-0.15, -0.1) is 0 Å². The minimum absolute atomic E-state index is 0.179. The van der Waals surface area contributed by atoms with Gasteiger partial charge in [0.15, 0.2) is 5.65 Å². The number of nitrogens with one attached hydrogen (secondary N) is 1. The first-order valence-electron chi connectivity index (χ1n) is 13.4. The van der Waals surface area contributed by atoms with Gasteiger partial charge in [-0.1, -0.05) is 11.6 Å². The molecular formula is C28H32ClN5O3S. The lowest BCUT2D eigenvalue weighted by Gasteiger charge is -2.34. The Labute approximate surface area is 227 Å². The van der Waals surface area contributed by atoms with E-state index >= 15 is 0 Å². The van der Waals surface area contributed by atoms with Crippen molar-refractivity contribution in [1.29, 1.82) is 0 Å². The van der Waals surface area contributed by atoms with Crippen LogP contribution in [0.1, 0.15) is 50.0 Å². The van der Waals surface area contributed by atoms with E-state index in [2.05, 4.69) is 20.2 Å². The molecule has 1 saturated carbocycles. The van der Waals surface area contributed by atoms with Gasteiger partial charge >= 0.3 is 0 Å². The van der Waals surface area contributed by atoms with E-state index in [0.29, 0.717) is 30.6 Å². The number of aromatic nitrogens is 4. The second-order valence-electron chi connectivity index (χ2n) is 10.7. The molecule has 1 aliphatic carbocycles. The number of hydrogen-bond acceptors (Lipinski definition) is 6. The fourth-order valence-corrected chi connectivity index (χ4v) is 8.22. The fourth-order valence-electron chi connectivity index (χ4n) is 6.10. The monoisotopic (exact) mass is 553 g/mol. The molecule has 6 rings (SSSR count). The highest BCUT2D eigenvalue weighted by Crippen LogP contribution is 2.40. The molecule has 0 bridgehead atoms. The van der Waals surface area contributed by atoms with Gasteiger partial charge in [0.05, 0.1) is 30.3 Å². The van der Waals surface area contributed by atoms with Crippen molar-refractivity contribution >= 4 is 43.6 Å². The van der Waals surface area contributed by atoms with Crippen molar-refractivity contribution in [3.63, 3.8) is 0 Å². The Hall–Kier alpha value is -2.75. The zero-order valence-corrected chi connectivity index (χ0v) is 22.8. The van der Waals surface area contributed by atoms with Crippen LogP contribution in [0.3, 0.4) is 0 Å². The summed E-state index contributed by atoms with van der Waals surface area (Å²) in [6, 6.07) is 9.30. The lowest BCUT2D eigenvalue weighted by molar-refractivity contribution is 0.179. The van der Waals surface area contributed by atoms with E-state index in [0.717, 1.165) is 66.2 Å². The number of halogens is 1. The summed E-state index contributed by atoms with van der Waals surface area (Å²) < 4.78 is 34.4. The normalized spacial score (nSPS) is 23.1. The zero-order chi connectivity index (χ0) is 26.1. The van der Waals surface area contributed by atoms with Crippen LogP contribution in [0.15, 0.2) is 48.9 Å². The molecule has 3 aromatic heterocycles. The van der Waals surface area contributed by atoms with Crippen molar-refractivity contribution in [1.82, 2.24) is 24.5 Å². The van der Waals surface area contributed by atoms with Gasteiger partial charge < -0.3 is 4.74 Å². The number of ether oxygens (including phenoxy) is 1. The molecule has 4 aromatic rings. The van der Waals surface area contributed by atoms with Crippen molar-refractivity contribution in [2.45, 2.75) is 44.4 Å². The Balaban J connectivity index is 1.07. The molecule has 200 valence electrons. The van der Waals surface area contributed by atoms with Gasteiger partial charge in [0.25, 0.3) is 0 Å². The zero-order valence-electron chi connectivity index (χ0n) is 21.2. The molecule has 1 N–H and O–H groups in total. The van der Waals surface area contributed by atoms with Crippen molar-refractivity contribution < 1.29 is 13.2 Å². The number of benzene rings is 1. The highest BCUT2D eigenvalue weighted by molar-refractivity contribution is 7.89. The number of pyridine rings is 1. The second-order valence-corrected chi connectivity index (χ2v) is 13.1. The van der Waals surface area contributed by atoms with Crippen LogP contribution < -0.4 is 4.74 Å². The molecule has 1 atom stereocenters. The number of nitrogens with zero attached hydrogens (tertiary/aromatic N) is 4. The molecule has 10 heteroatoms. The number of rotatable bonds is 7. The largest absolute Gasteiger partial charge is 0.493 e. The third-order valence-electron chi connectivity index (χ3n) is 8.12. The van der Waals surface area contributed by atoms with Crippen LogP contribution in [0.5, 0.6) is 5.75 Å². The molecule has 8 nitrogen and oxygen atoms in total. The van der Waals surface area contributed by atoms with Gasteiger partial charge in [0, 0.05) is 41.0 Å². The highest BCUT2D eigenvalue weighted by Gasteiger charge is 2.33. The first kappa shape index (κ1) is 25.5. The number of aromatic amines is 1. The summed E-state index contributed by atoms with van der Waals surface area (Å²) in [5.41, 5.74) is 2.86. The molecule has 2 fully saturated rings. The molecule has 1 aliphatic heterocycles. The summed E-state index contributed by atoms with van der Waals surface area (Å²) in [5.74, 6) is 1.71. The van der Waals surface area contributed by atoms with E-state index < -0.39 is 10.0 Å². The van der Waals surface area contributed by atoms with E-state index in [9.17, 15) is 8.42 Å². The SMILES string of the molecule is O=S(=O)(CC1CCC(c2cn[nH]c3cnc4nccc4c23)CC1)N1CCCC(COc2ccc(Cl)cc2)C1. The second kappa shape index (κ2) is 10.8. The van der Waals surface area contributed by atoms with Crippen LogP contribution in [-0.4, -0.2) is 58.3 Å². The first-order chi connectivity index (χ1) is 18.5. The quantitative estimate of drug-likeness (QED) is 0.322. The Morgan fingerprint density at radius 3 is 2.63 bits per heavy atom. The summed E-state index contributed by atoms with van der Waals surface area (Å²) in [6.07, 6.45) is 11.1. The summed E-state index contributed by atoms with van der Waals surface area (Å²) in [6.45, 7) is 1.64. The standard InChI is InChI=1S/C28H32ClN5O3S/c29-22-7-9-23(10-8-22)37-17-20-2-1-13-34(16-20)38(35,36)18-19-3-5-21(6-4-19)25-14-32-33-26-15-31-28-24(27(25)26)11-12-30-28/h7-12,14-15,19-21,33H,1-6,13,16-18H2. The molecule has 1 saturated heterocycles. The summed E-state index contributed by atoms with van der Waals surface area (Å²) in [5, 5.41) is 10.3. The van der Waals surface area contributed by atoms with E-state index in [1.807, 2.05) is 24.4 Å². The van der Waals surface area contributed by atoms with Crippen LogP contribution in [0, 0.1) is 11.8 Å². The molecule has 0 amide bonds. The van der Waals surface area contributed by atoms with Crippen molar-refractivity contribution in [3.8, 4) is 5.75 Å². The van der Waals surface area contributed by atoms with Gasteiger partial charge in [-0.3, -0.25) is 5.10 Å². The maximum Gasteiger partial charge on any atom is 0.214 e. The Morgan fingerprint density at radius 1 is 1.00 bits per heavy atom. The van der Waals surface area contributed by atoms with Gasteiger partial charge in [-0.05, 0) is 86.3 Å². The van der Waals surface area contributed by atoms with E-state index in [-0.39, 0.29) is 17.6 Å². The lowest BCUT2D eigenvalue weighted by Crippen LogP contribution is -2.43. The number of piperidine rings is 1. The van der Waals surface area contributed by atoms with Gasteiger partial charge in [0.1, 0.15) is 5.75 Å². The van der Waals surface area contributed by atoms with E-state index in [1.54, 1.807) is 28.8 Å². The highest BCUT2D eigenvalue weighted by atomic mass is 35.5. The Kier molecular flexibility index (Phi) is 7.24. The van der Waals surface area contributed by atoms with E-state index in [1.165, 1.54) is 5.56 Å². The number of H-pyrrole nitrogens is 1. The van der Waals surface area contributed by atoms with Crippen LogP contribution in [-0.2, 0) is 10.0 Å². The lowest BCUT2D eigenvalue weighted by atomic mass is 9.79. The smallest absolute Gasteiger partial charge is 0.214 e. The molecule has 0 radical (unpaired) electrons. The molecule has 38 heavy (non-hydrogen) atoms. The Bertz CT molecular complexity index is 1520. The topological polar surface area (TPSA) is 101 Å². The van der Waals surface area contributed by atoms with Gasteiger partial charge in [-0.25, -0.2) is 22.7 Å². The molecular weight excluding hydrogens is 522 g/mol. The maximum atomic E-state index is 13.4. The van der Waals surface area contributed by atoms with Gasteiger partial charge in [-0.2, -0.15) is 5.10 Å². The fraction of sp³-hybridized carbons (Fsp3) is 0.464. The van der Waals surface area contributed by atoms with Crippen LogP contribution >= 0.6 is 11.6 Å². The molecule has 1 unspecified atom stereocenters. The number of sulfonamides is 1. The average Bonchev–Trinajstić information content (AvgIpc) is 3.42. The third kappa shape index (κ3) is 5.37. The van der Waals surface area contributed by atoms with Crippen molar-refractivity contribution in [2.75, 3.05) is 25.4 Å². The third-order valence-corrected chi connectivity index (χ3v) is 10.4.